The number of halogens is 1. The van der Waals surface area contributed by atoms with Crippen molar-refractivity contribution in [3.63, 3.8) is 0 Å². The molecule has 0 saturated carbocycles. The predicted molar refractivity (Wildman–Crippen MR) is 68.8 cm³/mol. The molecular weight excluding hydrogens is 217 g/mol. The van der Waals surface area contributed by atoms with Crippen molar-refractivity contribution in [2.75, 3.05) is 38.5 Å². The van der Waals surface area contributed by atoms with E-state index in [0.29, 0.717) is 6.04 Å². The molecule has 0 amide bonds. The van der Waals surface area contributed by atoms with Gasteiger partial charge in [0, 0.05) is 37.9 Å². The second-order valence-corrected chi connectivity index (χ2v) is 4.64. The zero-order valence-electron chi connectivity index (χ0n) is 10.2. The number of hydrogen-bond donors (Lipinski definition) is 2. The highest BCUT2D eigenvalue weighted by Crippen LogP contribution is 2.08. The quantitative estimate of drug-likeness (QED) is 0.831. The first kappa shape index (κ1) is 12.3. The van der Waals surface area contributed by atoms with E-state index in [4.69, 9.17) is 0 Å². The fourth-order valence-corrected chi connectivity index (χ4v) is 2.14. The second-order valence-electron chi connectivity index (χ2n) is 4.64. The van der Waals surface area contributed by atoms with Crippen LogP contribution >= 0.6 is 0 Å². The molecule has 1 atom stereocenters. The van der Waals surface area contributed by atoms with Gasteiger partial charge in [-0.05, 0) is 37.7 Å². The molecule has 1 unspecified atom stereocenters. The van der Waals surface area contributed by atoms with Gasteiger partial charge in [-0.15, -0.1) is 0 Å². The Morgan fingerprint density at radius 2 is 2.18 bits per heavy atom. The number of anilines is 1. The van der Waals surface area contributed by atoms with Crippen LogP contribution in [0.3, 0.4) is 0 Å². The third-order valence-electron chi connectivity index (χ3n) is 3.12. The van der Waals surface area contributed by atoms with E-state index in [1.165, 1.54) is 12.1 Å². The maximum Gasteiger partial charge on any atom is 0.123 e. The van der Waals surface area contributed by atoms with E-state index in [1.807, 2.05) is 0 Å². The molecule has 1 aliphatic heterocycles. The summed E-state index contributed by atoms with van der Waals surface area (Å²) in [5.41, 5.74) is 0.982. The second kappa shape index (κ2) is 5.98. The average molecular weight is 237 g/mol. The Morgan fingerprint density at radius 1 is 1.41 bits per heavy atom. The molecule has 0 aliphatic carbocycles. The lowest BCUT2D eigenvalue weighted by Gasteiger charge is -2.31. The van der Waals surface area contributed by atoms with Crippen LogP contribution in [0.2, 0.25) is 0 Å². The van der Waals surface area contributed by atoms with E-state index in [2.05, 4.69) is 22.6 Å². The third-order valence-corrected chi connectivity index (χ3v) is 3.12. The highest BCUT2D eigenvalue weighted by atomic mass is 19.1. The Bertz CT molecular complexity index is 339. The molecule has 1 aliphatic rings. The van der Waals surface area contributed by atoms with Crippen LogP contribution in [0, 0.1) is 5.82 Å². The average Bonchev–Trinajstić information content (AvgIpc) is 2.32. The first-order valence-electron chi connectivity index (χ1n) is 6.15. The molecule has 0 spiro atoms. The van der Waals surface area contributed by atoms with Gasteiger partial charge in [0.1, 0.15) is 5.82 Å². The van der Waals surface area contributed by atoms with Crippen LogP contribution in [-0.2, 0) is 0 Å². The van der Waals surface area contributed by atoms with Crippen molar-refractivity contribution >= 4 is 5.69 Å². The highest BCUT2D eigenvalue weighted by Gasteiger charge is 2.15. The molecule has 1 aromatic carbocycles. The molecule has 3 nitrogen and oxygen atoms in total. The molecule has 94 valence electrons. The van der Waals surface area contributed by atoms with Gasteiger partial charge in [-0.2, -0.15) is 0 Å². The van der Waals surface area contributed by atoms with Crippen LogP contribution in [0.15, 0.2) is 24.3 Å². The molecule has 0 aromatic heterocycles. The number of nitrogens with zero attached hydrogens (tertiary/aromatic N) is 1. The largest absolute Gasteiger partial charge is 0.385 e. The van der Waals surface area contributed by atoms with E-state index in [1.54, 1.807) is 12.1 Å². The molecule has 17 heavy (non-hydrogen) atoms. The van der Waals surface area contributed by atoms with E-state index < -0.39 is 0 Å². The van der Waals surface area contributed by atoms with Gasteiger partial charge in [-0.1, -0.05) is 0 Å². The number of hydrogen-bond acceptors (Lipinski definition) is 3. The third kappa shape index (κ3) is 3.98. The van der Waals surface area contributed by atoms with Crippen LogP contribution < -0.4 is 10.6 Å². The van der Waals surface area contributed by atoms with E-state index in [-0.39, 0.29) is 5.82 Å². The Labute approximate surface area is 102 Å². The lowest BCUT2D eigenvalue weighted by molar-refractivity contribution is 0.234. The maximum atomic E-state index is 12.7. The summed E-state index contributed by atoms with van der Waals surface area (Å²) in [6.45, 7) is 4.21. The van der Waals surface area contributed by atoms with Gasteiger partial charge in [-0.25, -0.2) is 4.39 Å². The van der Waals surface area contributed by atoms with Crippen molar-refractivity contribution in [1.82, 2.24) is 10.2 Å². The zero-order valence-corrected chi connectivity index (χ0v) is 10.2. The van der Waals surface area contributed by atoms with Gasteiger partial charge in [0.25, 0.3) is 0 Å². The summed E-state index contributed by atoms with van der Waals surface area (Å²) in [5.74, 6) is -0.189. The number of piperazine rings is 1. The monoisotopic (exact) mass is 237 g/mol. The molecule has 1 saturated heterocycles. The molecule has 4 heteroatoms. The summed E-state index contributed by atoms with van der Waals surface area (Å²) < 4.78 is 12.7. The van der Waals surface area contributed by atoms with Crippen molar-refractivity contribution in [2.45, 2.75) is 12.5 Å². The molecule has 2 N–H and O–H groups in total. The number of likely N-dealkylation sites (N-methyl/N-ethyl adjacent to an activating group) is 1. The van der Waals surface area contributed by atoms with Gasteiger partial charge in [-0.3, -0.25) is 0 Å². The Hall–Kier alpha value is -1.13. The SMILES string of the molecule is CN1CCNC(CCNc2ccc(F)cc2)C1. The van der Waals surface area contributed by atoms with Crippen LogP contribution in [-0.4, -0.2) is 44.2 Å². The minimum Gasteiger partial charge on any atom is -0.385 e. The molecule has 1 aromatic rings. The number of rotatable bonds is 4. The van der Waals surface area contributed by atoms with Crippen molar-refractivity contribution in [1.29, 1.82) is 0 Å². The minimum absolute atomic E-state index is 0.189. The lowest BCUT2D eigenvalue weighted by Crippen LogP contribution is -2.49. The smallest absolute Gasteiger partial charge is 0.123 e. The summed E-state index contributed by atoms with van der Waals surface area (Å²) in [5, 5.41) is 6.81. The van der Waals surface area contributed by atoms with Crippen LogP contribution in [0.5, 0.6) is 0 Å². The summed E-state index contributed by atoms with van der Waals surface area (Å²) >= 11 is 0. The van der Waals surface area contributed by atoms with E-state index in [9.17, 15) is 4.39 Å². The summed E-state index contributed by atoms with van der Waals surface area (Å²) in [4.78, 5) is 2.35. The molecular formula is C13H20FN3. The molecule has 1 fully saturated rings. The van der Waals surface area contributed by atoms with E-state index >= 15 is 0 Å². The van der Waals surface area contributed by atoms with Crippen molar-refractivity contribution in [3.05, 3.63) is 30.1 Å². The maximum absolute atomic E-state index is 12.7. The Kier molecular flexibility index (Phi) is 4.34. The first-order chi connectivity index (χ1) is 8.24. The van der Waals surface area contributed by atoms with Gasteiger partial charge in [0.2, 0.25) is 0 Å². The fourth-order valence-electron chi connectivity index (χ4n) is 2.14. The van der Waals surface area contributed by atoms with Crippen LogP contribution in [0.1, 0.15) is 6.42 Å². The van der Waals surface area contributed by atoms with Crippen molar-refractivity contribution < 1.29 is 4.39 Å². The normalized spacial score (nSPS) is 21.4. The summed E-state index contributed by atoms with van der Waals surface area (Å²) in [6.07, 6.45) is 1.09. The molecule has 2 rings (SSSR count). The molecule has 1 heterocycles. The fraction of sp³-hybridized carbons (Fsp3) is 0.538. The zero-order chi connectivity index (χ0) is 12.1. The van der Waals surface area contributed by atoms with Crippen LogP contribution in [0.25, 0.3) is 0 Å². The molecule has 0 bridgehead atoms. The van der Waals surface area contributed by atoms with Gasteiger partial charge in [0.05, 0.1) is 0 Å². The number of nitrogens with one attached hydrogen (secondary N) is 2. The lowest BCUT2D eigenvalue weighted by atomic mass is 10.1. The Morgan fingerprint density at radius 3 is 2.88 bits per heavy atom. The summed E-state index contributed by atoms with van der Waals surface area (Å²) in [7, 11) is 2.15. The van der Waals surface area contributed by atoms with Crippen molar-refractivity contribution in [3.8, 4) is 0 Å². The van der Waals surface area contributed by atoms with Gasteiger partial charge >= 0.3 is 0 Å². The van der Waals surface area contributed by atoms with Crippen LogP contribution in [0.4, 0.5) is 10.1 Å². The Balaban J connectivity index is 1.70. The first-order valence-corrected chi connectivity index (χ1v) is 6.15. The van der Waals surface area contributed by atoms with Crippen molar-refractivity contribution in [2.24, 2.45) is 0 Å². The van der Waals surface area contributed by atoms with Gasteiger partial charge in [0.15, 0.2) is 0 Å². The highest BCUT2D eigenvalue weighted by molar-refractivity contribution is 5.42. The van der Waals surface area contributed by atoms with E-state index in [0.717, 1.165) is 38.3 Å². The summed E-state index contributed by atoms with van der Waals surface area (Å²) in [6, 6.07) is 7.07. The molecule has 0 radical (unpaired) electrons. The predicted octanol–water partition coefficient (Wildman–Crippen LogP) is 1.53. The number of benzene rings is 1. The standard InChI is InChI=1S/C13H20FN3/c1-17-9-8-16-13(10-17)6-7-15-12-4-2-11(14)3-5-12/h2-5,13,15-16H,6-10H2,1H3. The minimum atomic E-state index is -0.189. The topological polar surface area (TPSA) is 27.3 Å². The van der Waals surface area contributed by atoms with Gasteiger partial charge < -0.3 is 15.5 Å².